The quantitative estimate of drug-likeness (QED) is 0.882. The van der Waals surface area contributed by atoms with Gasteiger partial charge in [-0.2, -0.15) is 5.06 Å². The fourth-order valence-electron chi connectivity index (χ4n) is 3.72. The molecule has 0 bridgehead atoms. The summed E-state index contributed by atoms with van der Waals surface area (Å²) >= 11 is 0. The Hall–Kier alpha value is -1.18. The van der Waals surface area contributed by atoms with Gasteiger partial charge in [0, 0.05) is 0 Å². The smallest absolute Gasteiger partial charge is 0.163 e. The van der Waals surface area contributed by atoms with Crippen molar-refractivity contribution in [2.75, 3.05) is 13.7 Å². The summed E-state index contributed by atoms with van der Waals surface area (Å²) in [7, 11) is 1.60. The van der Waals surface area contributed by atoms with E-state index in [4.69, 9.17) is 14.2 Å². The molecule has 0 radical (unpaired) electrons. The standard InChI is InChI=1S/C17H25NO5/c1-5-17(19,11-6-8-12(21-4)9-7-11)15-14-13(10-18(15)20)22-16(2,3)23-14/h6-9,13-15,19-20H,5,10H2,1-4H3/t13-,14-,15-,17-/m1/s1. The summed E-state index contributed by atoms with van der Waals surface area (Å²) < 4.78 is 17.0. The van der Waals surface area contributed by atoms with Crippen LogP contribution in [0.3, 0.4) is 0 Å². The van der Waals surface area contributed by atoms with Gasteiger partial charge >= 0.3 is 0 Å². The van der Waals surface area contributed by atoms with Crippen LogP contribution in [0.2, 0.25) is 0 Å². The van der Waals surface area contributed by atoms with Gasteiger partial charge in [0.1, 0.15) is 23.6 Å². The van der Waals surface area contributed by atoms with Crippen LogP contribution in [0.4, 0.5) is 0 Å². The Morgan fingerprint density at radius 3 is 2.52 bits per heavy atom. The highest BCUT2D eigenvalue weighted by molar-refractivity contribution is 5.33. The number of rotatable bonds is 4. The largest absolute Gasteiger partial charge is 0.497 e. The lowest BCUT2D eigenvalue weighted by Crippen LogP contribution is -2.52. The lowest BCUT2D eigenvalue weighted by molar-refractivity contribution is -0.230. The molecule has 2 fully saturated rings. The molecule has 0 spiro atoms. The van der Waals surface area contributed by atoms with Crippen LogP contribution >= 0.6 is 0 Å². The number of hydroxylamine groups is 2. The molecular weight excluding hydrogens is 298 g/mol. The number of aliphatic hydroxyl groups is 1. The summed E-state index contributed by atoms with van der Waals surface area (Å²) in [5, 5.41) is 22.9. The zero-order valence-electron chi connectivity index (χ0n) is 14.0. The first-order valence-electron chi connectivity index (χ1n) is 7.99. The maximum atomic E-state index is 11.4. The second-order valence-corrected chi connectivity index (χ2v) is 6.71. The number of hydrogen-bond acceptors (Lipinski definition) is 6. The minimum Gasteiger partial charge on any atom is -0.497 e. The van der Waals surface area contributed by atoms with E-state index in [-0.39, 0.29) is 12.2 Å². The van der Waals surface area contributed by atoms with Crippen LogP contribution in [0.5, 0.6) is 5.75 Å². The van der Waals surface area contributed by atoms with Crippen LogP contribution in [0.1, 0.15) is 32.8 Å². The molecule has 0 aromatic heterocycles. The summed E-state index contributed by atoms with van der Waals surface area (Å²) in [4.78, 5) is 0. The van der Waals surface area contributed by atoms with Gasteiger partial charge in [0.25, 0.3) is 0 Å². The molecule has 4 atom stereocenters. The van der Waals surface area contributed by atoms with E-state index < -0.39 is 17.4 Å². The fourth-order valence-corrected chi connectivity index (χ4v) is 3.72. The Morgan fingerprint density at radius 2 is 1.96 bits per heavy atom. The molecule has 128 valence electrons. The molecule has 2 aliphatic rings. The molecule has 6 nitrogen and oxygen atoms in total. The molecule has 0 amide bonds. The fraction of sp³-hybridized carbons (Fsp3) is 0.647. The predicted octanol–water partition coefficient (Wildman–Crippen LogP) is 1.89. The van der Waals surface area contributed by atoms with Crippen molar-refractivity contribution in [3.8, 4) is 5.75 Å². The molecule has 6 heteroatoms. The van der Waals surface area contributed by atoms with Gasteiger partial charge in [-0.05, 0) is 38.0 Å². The van der Waals surface area contributed by atoms with Crippen molar-refractivity contribution < 1.29 is 24.5 Å². The Kier molecular flexibility index (Phi) is 4.14. The molecule has 2 heterocycles. The van der Waals surface area contributed by atoms with Gasteiger partial charge in [-0.25, -0.2) is 0 Å². The number of hydrogen-bond donors (Lipinski definition) is 2. The van der Waals surface area contributed by atoms with Gasteiger partial charge < -0.3 is 24.5 Å². The van der Waals surface area contributed by atoms with Crippen molar-refractivity contribution in [2.45, 2.75) is 56.8 Å². The highest BCUT2D eigenvalue weighted by Gasteiger charge is 2.59. The van der Waals surface area contributed by atoms with Gasteiger partial charge in [0.15, 0.2) is 5.79 Å². The van der Waals surface area contributed by atoms with Crippen LogP contribution < -0.4 is 4.74 Å². The SMILES string of the molecule is CC[C@@](O)(c1ccc(OC)cc1)[C@H]1[C@@H]2OC(C)(C)O[C@@H]2CN1O. The Balaban J connectivity index is 1.94. The van der Waals surface area contributed by atoms with Gasteiger partial charge in [0.2, 0.25) is 0 Å². The summed E-state index contributed by atoms with van der Waals surface area (Å²) in [6, 6.07) is 6.67. The molecule has 2 aliphatic heterocycles. The Bertz CT molecular complexity index is 561. The summed E-state index contributed by atoms with van der Waals surface area (Å²) in [6.45, 7) is 5.91. The minimum atomic E-state index is -1.25. The van der Waals surface area contributed by atoms with Crippen LogP contribution in [-0.2, 0) is 15.1 Å². The Labute approximate surface area is 136 Å². The molecule has 3 rings (SSSR count). The topological polar surface area (TPSA) is 71.4 Å². The number of benzene rings is 1. The number of methoxy groups -OCH3 is 1. The van der Waals surface area contributed by atoms with Crippen molar-refractivity contribution in [1.29, 1.82) is 0 Å². The predicted molar refractivity (Wildman–Crippen MR) is 83.3 cm³/mol. The molecule has 0 saturated carbocycles. The number of fused-ring (bicyclic) bond motifs is 1. The maximum absolute atomic E-state index is 11.4. The molecule has 0 aliphatic carbocycles. The summed E-state index contributed by atoms with van der Waals surface area (Å²) in [5.74, 6) is 0.0163. The van der Waals surface area contributed by atoms with E-state index in [0.29, 0.717) is 13.0 Å². The molecule has 23 heavy (non-hydrogen) atoms. The number of ether oxygens (including phenoxy) is 3. The van der Waals surface area contributed by atoms with Crippen molar-refractivity contribution in [3.63, 3.8) is 0 Å². The van der Waals surface area contributed by atoms with Crippen LogP contribution in [0.15, 0.2) is 24.3 Å². The van der Waals surface area contributed by atoms with Gasteiger partial charge in [0.05, 0.1) is 19.7 Å². The first-order valence-corrected chi connectivity index (χ1v) is 7.99. The van der Waals surface area contributed by atoms with Crippen LogP contribution in [-0.4, -0.2) is 53.1 Å². The molecular formula is C17H25NO5. The molecule has 0 unspecified atom stereocenters. The van der Waals surface area contributed by atoms with E-state index in [0.717, 1.165) is 16.4 Å². The van der Waals surface area contributed by atoms with Crippen molar-refractivity contribution in [3.05, 3.63) is 29.8 Å². The van der Waals surface area contributed by atoms with Crippen LogP contribution in [0, 0.1) is 0 Å². The van der Waals surface area contributed by atoms with Gasteiger partial charge in [-0.1, -0.05) is 19.1 Å². The minimum absolute atomic E-state index is 0.253. The third-order valence-electron chi connectivity index (χ3n) is 4.84. The third-order valence-corrected chi connectivity index (χ3v) is 4.84. The first kappa shape index (κ1) is 16.7. The zero-order valence-corrected chi connectivity index (χ0v) is 14.0. The van der Waals surface area contributed by atoms with Crippen molar-refractivity contribution in [1.82, 2.24) is 5.06 Å². The van der Waals surface area contributed by atoms with E-state index in [1.807, 2.05) is 32.9 Å². The Morgan fingerprint density at radius 1 is 1.30 bits per heavy atom. The second-order valence-electron chi connectivity index (χ2n) is 6.71. The lowest BCUT2D eigenvalue weighted by atomic mass is 9.81. The van der Waals surface area contributed by atoms with E-state index in [9.17, 15) is 10.3 Å². The average molecular weight is 323 g/mol. The zero-order chi connectivity index (χ0) is 16.8. The van der Waals surface area contributed by atoms with E-state index >= 15 is 0 Å². The summed E-state index contributed by atoms with van der Waals surface area (Å²) in [5.41, 5.74) is -0.525. The van der Waals surface area contributed by atoms with E-state index in [1.54, 1.807) is 19.2 Å². The van der Waals surface area contributed by atoms with Gasteiger partial charge in [-0.15, -0.1) is 0 Å². The third kappa shape index (κ3) is 2.75. The summed E-state index contributed by atoms with van der Waals surface area (Å²) in [6.07, 6.45) is -0.202. The molecule has 1 aromatic carbocycles. The normalized spacial score (nSPS) is 32.5. The molecule has 2 saturated heterocycles. The molecule has 2 N–H and O–H groups in total. The van der Waals surface area contributed by atoms with Crippen LogP contribution in [0.25, 0.3) is 0 Å². The highest BCUT2D eigenvalue weighted by atomic mass is 16.8. The first-order chi connectivity index (χ1) is 10.8. The number of nitrogens with zero attached hydrogens (tertiary/aromatic N) is 1. The van der Waals surface area contributed by atoms with E-state index in [1.165, 1.54) is 0 Å². The average Bonchev–Trinajstić information content (AvgIpc) is 2.96. The van der Waals surface area contributed by atoms with Crippen molar-refractivity contribution in [2.24, 2.45) is 0 Å². The molecule has 1 aromatic rings. The van der Waals surface area contributed by atoms with E-state index in [2.05, 4.69) is 0 Å². The van der Waals surface area contributed by atoms with Crippen molar-refractivity contribution >= 4 is 0 Å². The highest BCUT2D eigenvalue weighted by Crippen LogP contribution is 2.44. The maximum Gasteiger partial charge on any atom is 0.163 e. The second kappa shape index (κ2) is 5.72. The van der Waals surface area contributed by atoms with Gasteiger partial charge in [-0.3, -0.25) is 0 Å². The monoisotopic (exact) mass is 323 g/mol. The lowest BCUT2D eigenvalue weighted by Gasteiger charge is -2.39.